The van der Waals surface area contributed by atoms with Crippen molar-refractivity contribution < 1.29 is 9.53 Å². The zero-order chi connectivity index (χ0) is 22.1. The van der Waals surface area contributed by atoms with Gasteiger partial charge < -0.3 is 10.1 Å². The average molecular weight is 458 g/mol. The van der Waals surface area contributed by atoms with Gasteiger partial charge in [-0.05, 0) is 42.8 Å². The van der Waals surface area contributed by atoms with E-state index >= 15 is 0 Å². The number of anilines is 1. The number of carbonyl (C=O) groups is 1. The smallest absolute Gasteiger partial charge is 0.264 e. The number of hydrogen-bond donors (Lipinski definition) is 1. The van der Waals surface area contributed by atoms with Gasteiger partial charge in [0, 0.05) is 10.0 Å². The van der Waals surface area contributed by atoms with Gasteiger partial charge >= 0.3 is 0 Å². The third-order valence-electron chi connectivity index (χ3n) is 4.70. The lowest BCUT2D eigenvalue weighted by Crippen LogP contribution is -2.28. The number of halogens is 2. The quantitative estimate of drug-likeness (QED) is 0.491. The van der Waals surface area contributed by atoms with Gasteiger partial charge in [0.2, 0.25) is 5.91 Å². The number of benzene rings is 2. The van der Waals surface area contributed by atoms with Crippen molar-refractivity contribution in [3.05, 3.63) is 74.9 Å². The second kappa shape index (κ2) is 8.41. The van der Waals surface area contributed by atoms with E-state index in [2.05, 4.69) is 15.4 Å². The molecule has 1 N–H and O–H groups in total. The van der Waals surface area contributed by atoms with Crippen LogP contribution in [0.5, 0.6) is 5.75 Å². The summed E-state index contributed by atoms with van der Waals surface area (Å²) in [5.74, 6) is 0.0266. The van der Waals surface area contributed by atoms with Crippen molar-refractivity contribution in [3.8, 4) is 11.4 Å². The van der Waals surface area contributed by atoms with Gasteiger partial charge in [-0.2, -0.15) is 5.10 Å². The number of aryl methyl sites for hydroxylation is 1. The number of nitrogens with zero attached hydrogens (tertiary/aromatic N) is 4. The Kier molecular flexibility index (Phi) is 5.67. The highest BCUT2D eigenvalue weighted by Gasteiger charge is 2.15. The molecule has 0 aliphatic rings. The first kappa shape index (κ1) is 20.9. The molecule has 0 atom stereocenters. The normalized spacial score (nSPS) is 11.0. The molecule has 0 radical (unpaired) electrons. The van der Waals surface area contributed by atoms with Crippen molar-refractivity contribution in [2.45, 2.75) is 13.5 Å². The Morgan fingerprint density at radius 3 is 2.68 bits per heavy atom. The fourth-order valence-electron chi connectivity index (χ4n) is 3.17. The summed E-state index contributed by atoms with van der Waals surface area (Å²) >= 11 is 12.1. The lowest BCUT2D eigenvalue weighted by atomic mass is 10.2. The molecule has 0 unspecified atom stereocenters. The molecule has 2 heterocycles. The zero-order valence-corrected chi connectivity index (χ0v) is 18.1. The van der Waals surface area contributed by atoms with Gasteiger partial charge in [-0.1, -0.05) is 29.3 Å². The molecular formula is C21H17Cl2N5O3. The Balaban J connectivity index is 1.64. The van der Waals surface area contributed by atoms with Crippen LogP contribution in [-0.4, -0.2) is 32.3 Å². The van der Waals surface area contributed by atoms with E-state index < -0.39 is 5.91 Å². The van der Waals surface area contributed by atoms with Gasteiger partial charge in [0.25, 0.3) is 5.56 Å². The molecule has 31 heavy (non-hydrogen) atoms. The predicted octanol–water partition coefficient (Wildman–Crippen LogP) is 3.84. The largest absolute Gasteiger partial charge is 0.495 e. The van der Waals surface area contributed by atoms with Crippen LogP contribution in [0.15, 0.2) is 53.7 Å². The van der Waals surface area contributed by atoms with Crippen LogP contribution < -0.4 is 15.6 Å². The first-order valence-corrected chi connectivity index (χ1v) is 9.96. The van der Waals surface area contributed by atoms with Gasteiger partial charge in [0.1, 0.15) is 24.0 Å². The summed E-state index contributed by atoms with van der Waals surface area (Å²) in [6.45, 7) is 1.67. The molecule has 8 nitrogen and oxygen atoms in total. The lowest BCUT2D eigenvalue weighted by molar-refractivity contribution is -0.116. The fourth-order valence-corrected chi connectivity index (χ4v) is 3.51. The van der Waals surface area contributed by atoms with E-state index in [1.165, 1.54) is 24.2 Å². The minimum atomic E-state index is -0.429. The van der Waals surface area contributed by atoms with Gasteiger partial charge in [0.15, 0.2) is 5.65 Å². The summed E-state index contributed by atoms with van der Waals surface area (Å²) in [5, 5.41) is 8.28. The highest BCUT2D eigenvalue weighted by Crippen LogP contribution is 2.27. The topological polar surface area (TPSA) is 91.0 Å². The van der Waals surface area contributed by atoms with Crippen LogP contribution in [0.2, 0.25) is 10.0 Å². The molecule has 0 saturated carbocycles. The molecule has 2 aromatic heterocycles. The lowest BCUT2D eigenvalue weighted by Gasteiger charge is -2.11. The van der Waals surface area contributed by atoms with E-state index in [1.54, 1.807) is 35.0 Å². The van der Waals surface area contributed by atoms with Gasteiger partial charge in [0.05, 0.1) is 24.7 Å². The van der Waals surface area contributed by atoms with E-state index in [9.17, 15) is 9.59 Å². The summed E-state index contributed by atoms with van der Waals surface area (Å²) < 4.78 is 7.99. The number of rotatable bonds is 5. The van der Waals surface area contributed by atoms with Crippen molar-refractivity contribution in [3.63, 3.8) is 0 Å². The van der Waals surface area contributed by atoms with E-state index in [-0.39, 0.29) is 17.5 Å². The standard InChI is InChI=1S/C21H17Cl2N5O3/c1-12-3-4-14(23)8-17(12)28-20-15(9-25-28)21(30)27(11-24-20)10-19(29)26-16-7-13(22)5-6-18(16)31-2/h3-9,11H,10H2,1-2H3,(H,26,29). The van der Waals surface area contributed by atoms with Crippen LogP contribution in [0.4, 0.5) is 5.69 Å². The third kappa shape index (κ3) is 4.12. The predicted molar refractivity (Wildman–Crippen MR) is 120 cm³/mol. The van der Waals surface area contributed by atoms with Crippen LogP contribution in [0, 0.1) is 6.92 Å². The van der Waals surface area contributed by atoms with Crippen molar-refractivity contribution in [2.24, 2.45) is 0 Å². The Morgan fingerprint density at radius 2 is 1.90 bits per heavy atom. The number of carbonyl (C=O) groups excluding carboxylic acids is 1. The summed E-state index contributed by atoms with van der Waals surface area (Å²) in [5.41, 5.74) is 2.05. The van der Waals surface area contributed by atoms with Crippen LogP contribution in [0.1, 0.15) is 5.56 Å². The minimum Gasteiger partial charge on any atom is -0.495 e. The molecule has 0 saturated heterocycles. The monoisotopic (exact) mass is 457 g/mol. The first-order chi connectivity index (χ1) is 14.9. The average Bonchev–Trinajstić information content (AvgIpc) is 3.17. The summed E-state index contributed by atoms with van der Waals surface area (Å²) in [6, 6.07) is 10.3. The molecule has 0 fully saturated rings. The Labute approximate surface area is 187 Å². The highest BCUT2D eigenvalue weighted by atomic mass is 35.5. The third-order valence-corrected chi connectivity index (χ3v) is 5.17. The molecular weight excluding hydrogens is 441 g/mol. The second-order valence-corrected chi connectivity index (χ2v) is 7.67. The number of hydrogen-bond acceptors (Lipinski definition) is 5. The van der Waals surface area contributed by atoms with E-state index in [0.717, 1.165) is 11.3 Å². The van der Waals surface area contributed by atoms with Crippen LogP contribution >= 0.6 is 23.2 Å². The zero-order valence-electron chi connectivity index (χ0n) is 16.6. The summed E-state index contributed by atoms with van der Waals surface area (Å²) in [6.07, 6.45) is 2.75. The number of nitrogens with one attached hydrogen (secondary N) is 1. The summed E-state index contributed by atoms with van der Waals surface area (Å²) in [7, 11) is 1.49. The second-order valence-electron chi connectivity index (χ2n) is 6.79. The van der Waals surface area contributed by atoms with Gasteiger partial charge in [-0.25, -0.2) is 9.67 Å². The minimum absolute atomic E-state index is 0.237. The molecule has 0 spiro atoms. The number of fused-ring (bicyclic) bond motifs is 1. The molecule has 10 heteroatoms. The number of methoxy groups -OCH3 is 1. The van der Waals surface area contributed by atoms with Crippen molar-refractivity contribution in [1.82, 2.24) is 19.3 Å². The molecule has 0 bridgehead atoms. The van der Waals surface area contributed by atoms with E-state index in [4.69, 9.17) is 27.9 Å². The molecule has 1 amide bonds. The maximum atomic E-state index is 12.9. The Bertz CT molecular complexity index is 1360. The van der Waals surface area contributed by atoms with E-state index in [0.29, 0.717) is 27.1 Å². The van der Waals surface area contributed by atoms with Crippen molar-refractivity contribution >= 4 is 45.8 Å². The number of ether oxygens (including phenoxy) is 1. The molecule has 4 aromatic rings. The van der Waals surface area contributed by atoms with Crippen LogP contribution in [0.25, 0.3) is 16.7 Å². The van der Waals surface area contributed by atoms with Crippen LogP contribution in [0.3, 0.4) is 0 Å². The SMILES string of the molecule is COc1ccc(Cl)cc1NC(=O)Cn1cnc2c(cnn2-c2cc(Cl)ccc2C)c1=O. The van der Waals surface area contributed by atoms with E-state index in [1.807, 2.05) is 13.0 Å². The molecule has 0 aliphatic carbocycles. The van der Waals surface area contributed by atoms with Gasteiger partial charge in [-0.15, -0.1) is 0 Å². The van der Waals surface area contributed by atoms with Crippen molar-refractivity contribution in [1.29, 1.82) is 0 Å². The van der Waals surface area contributed by atoms with Crippen LogP contribution in [-0.2, 0) is 11.3 Å². The Morgan fingerprint density at radius 1 is 1.16 bits per heavy atom. The van der Waals surface area contributed by atoms with Crippen molar-refractivity contribution in [2.75, 3.05) is 12.4 Å². The number of amides is 1. The molecule has 158 valence electrons. The maximum absolute atomic E-state index is 12.9. The summed E-state index contributed by atoms with van der Waals surface area (Å²) in [4.78, 5) is 29.8. The first-order valence-electron chi connectivity index (χ1n) is 9.20. The Hall–Kier alpha value is -3.36. The van der Waals surface area contributed by atoms with Gasteiger partial charge in [-0.3, -0.25) is 14.2 Å². The number of aromatic nitrogens is 4. The molecule has 0 aliphatic heterocycles. The molecule has 2 aromatic carbocycles. The molecule has 4 rings (SSSR count). The maximum Gasteiger partial charge on any atom is 0.264 e. The highest BCUT2D eigenvalue weighted by molar-refractivity contribution is 6.31. The fraction of sp³-hybridized carbons (Fsp3) is 0.143.